The minimum Gasteiger partial charge on any atom is -0.372 e. The van der Waals surface area contributed by atoms with Crippen molar-refractivity contribution in [1.29, 1.82) is 0 Å². The Bertz CT molecular complexity index is 707. The van der Waals surface area contributed by atoms with Gasteiger partial charge in [-0.05, 0) is 13.3 Å². The molecule has 4 atom stereocenters. The van der Waals surface area contributed by atoms with Gasteiger partial charge in [-0.3, -0.25) is 13.7 Å². The van der Waals surface area contributed by atoms with Crippen LogP contribution in [0.5, 0.6) is 0 Å². The molecule has 3 N–H and O–H groups in total. The van der Waals surface area contributed by atoms with E-state index < -0.39 is 61.1 Å². The molecule has 0 bridgehead atoms. The average molecular weight is 400 g/mol. The van der Waals surface area contributed by atoms with Crippen molar-refractivity contribution in [2.45, 2.75) is 44.2 Å². The van der Waals surface area contributed by atoms with E-state index in [-0.39, 0.29) is 12.8 Å². The van der Waals surface area contributed by atoms with Crippen molar-refractivity contribution in [3.05, 3.63) is 0 Å². The van der Waals surface area contributed by atoms with Crippen LogP contribution in [0, 0.1) is 0 Å². The molecule has 0 spiro atoms. The van der Waals surface area contributed by atoms with E-state index >= 15 is 0 Å². The van der Waals surface area contributed by atoms with Crippen LogP contribution in [0.15, 0.2) is 0 Å². The van der Waals surface area contributed by atoms with Gasteiger partial charge in [0.1, 0.15) is 12.2 Å². The van der Waals surface area contributed by atoms with E-state index in [1.807, 2.05) is 0 Å². The van der Waals surface area contributed by atoms with E-state index in [0.717, 1.165) is 0 Å². The van der Waals surface area contributed by atoms with Gasteiger partial charge in [-0.1, -0.05) is 0 Å². The third-order valence-corrected chi connectivity index (χ3v) is 4.61. The van der Waals surface area contributed by atoms with Crippen molar-refractivity contribution in [2.75, 3.05) is 5.75 Å². The second-order valence-electron chi connectivity index (χ2n) is 4.82. The van der Waals surface area contributed by atoms with E-state index in [4.69, 9.17) is 18.4 Å². The molecule has 0 amide bonds. The topological polar surface area (TPSA) is 191 Å². The first kappa shape index (κ1) is 20.7. The van der Waals surface area contributed by atoms with Crippen molar-refractivity contribution in [3.63, 3.8) is 0 Å². The number of rotatable bonds is 7. The first-order chi connectivity index (χ1) is 10.2. The Kier molecular flexibility index (Phi) is 6.50. The maximum atomic E-state index is 10.8. The molecule has 15 heteroatoms. The maximum absolute atomic E-state index is 10.8. The zero-order chi connectivity index (χ0) is 18.1. The third kappa shape index (κ3) is 8.32. The Hall–Kier alpha value is -0.390. The third-order valence-electron chi connectivity index (χ3n) is 2.91. The molecule has 1 rings (SSSR count). The molecule has 0 aromatic carbocycles. The normalized spacial score (nSPS) is 30.3. The molecule has 0 saturated carbocycles. The monoisotopic (exact) mass is 400 g/mol. The van der Waals surface area contributed by atoms with Crippen molar-refractivity contribution in [1.82, 2.24) is 0 Å². The summed E-state index contributed by atoms with van der Waals surface area (Å²) in [5, 5.41) is 0. The Morgan fingerprint density at radius 1 is 1.00 bits per heavy atom. The largest absolute Gasteiger partial charge is 0.397 e. The highest BCUT2D eigenvalue weighted by atomic mass is 32.3. The average Bonchev–Trinajstić information content (AvgIpc) is 2.27. The zero-order valence-corrected chi connectivity index (χ0v) is 14.1. The Morgan fingerprint density at radius 3 is 1.96 bits per heavy atom. The fraction of sp³-hybridized carbons (Fsp3) is 1.00. The summed E-state index contributed by atoms with van der Waals surface area (Å²) in [6, 6.07) is 0. The summed E-state index contributed by atoms with van der Waals surface area (Å²) in [5.74, 6) is -0.688. The van der Waals surface area contributed by atoms with Crippen LogP contribution in [0.3, 0.4) is 0 Å². The van der Waals surface area contributed by atoms with Crippen molar-refractivity contribution < 1.29 is 52.0 Å². The highest BCUT2D eigenvalue weighted by Gasteiger charge is 2.42. The molecule has 23 heavy (non-hydrogen) atoms. The van der Waals surface area contributed by atoms with E-state index in [1.165, 1.54) is 6.92 Å². The van der Waals surface area contributed by atoms with Gasteiger partial charge < -0.3 is 4.74 Å². The molecule has 1 fully saturated rings. The molecular weight excluding hydrogens is 384 g/mol. The molecule has 1 aliphatic heterocycles. The summed E-state index contributed by atoms with van der Waals surface area (Å²) in [4.78, 5) is 0. The minimum absolute atomic E-state index is 0.243. The van der Waals surface area contributed by atoms with Crippen LogP contribution in [0.2, 0.25) is 0 Å². The van der Waals surface area contributed by atoms with Gasteiger partial charge in [0.25, 0.3) is 10.1 Å². The van der Waals surface area contributed by atoms with Gasteiger partial charge in [0.05, 0.1) is 18.0 Å². The van der Waals surface area contributed by atoms with Gasteiger partial charge in [0.15, 0.2) is 0 Å². The van der Waals surface area contributed by atoms with E-state index in [9.17, 15) is 25.3 Å². The molecule has 0 aliphatic carbocycles. The molecule has 4 unspecified atom stereocenters. The second-order valence-corrected chi connectivity index (χ2v) is 8.49. The van der Waals surface area contributed by atoms with Crippen LogP contribution in [-0.2, 0) is 44.0 Å². The van der Waals surface area contributed by atoms with Gasteiger partial charge in [-0.2, -0.15) is 25.3 Å². The quantitative estimate of drug-likeness (QED) is 0.434. The van der Waals surface area contributed by atoms with Crippen molar-refractivity contribution in [3.8, 4) is 0 Å². The summed E-state index contributed by atoms with van der Waals surface area (Å²) in [7, 11) is -14.2. The van der Waals surface area contributed by atoms with Gasteiger partial charge in [0, 0.05) is 6.42 Å². The van der Waals surface area contributed by atoms with Crippen LogP contribution >= 0.6 is 0 Å². The SMILES string of the molecule is CC1OC(CCS(=O)(=O)O)CC(OS(=O)(=O)O)C1OS(=O)(=O)O. The molecular formula is C8H16O12S3. The minimum atomic E-state index is -4.98. The van der Waals surface area contributed by atoms with Crippen LogP contribution in [0.25, 0.3) is 0 Å². The highest BCUT2D eigenvalue weighted by molar-refractivity contribution is 7.85. The summed E-state index contributed by atoms with van der Waals surface area (Å²) < 4.78 is 105. The zero-order valence-electron chi connectivity index (χ0n) is 11.7. The first-order valence-corrected chi connectivity index (χ1v) is 10.4. The standard InChI is InChI=1S/C8H16O12S3/c1-5-8(20-23(15,16)17)7(19-22(12,13)14)4-6(18-5)2-3-21(9,10)11/h5-8H,2-4H2,1H3,(H,9,10,11)(H,12,13,14)(H,15,16,17). The number of hydrogen-bond acceptors (Lipinski definition) is 9. The van der Waals surface area contributed by atoms with Gasteiger partial charge in [0.2, 0.25) is 0 Å². The molecule has 1 heterocycles. The molecule has 12 nitrogen and oxygen atoms in total. The smallest absolute Gasteiger partial charge is 0.372 e. The van der Waals surface area contributed by atoms with Crippen LogP contribution in [0.4, 0.5) is 0 Å². The fourth-order valence-electron chi connectivity index (χ4n) is 2.13. The Balaban J connectivity index is 2.93. The lowest BCUT2D eigenvalue weighted by molar-refractivity contribution is -0.146. The molecule has 1 saturated heterocycles. The predicted molar refractivity (Wildman–Crippen MR) is 72.8 cm³/mol. The molecule has 0 radical (unpaired) electrons. The summed E-state index contributed by atoms with van der Waals surface area (Å²) in [6.07, 6.45) is -5.85. The number of hydrogen-bond donors (Lipinski definition) is 3. The molecule has 1 aliphatic rings. The lowest BCUT2D eigenvalue weighted by atomic mass is 9.97. The fourth-order valence-corrected chi connectivity index (χ4v) is 3.75. The second kappa shape index (κ2) is 7.24. The van der Waals surface area contributed by atoms with E-state index in [0.29, 0.717) is 0 Å². The molecule has 0 aromatic rings. The van der Waals surface area contributed by atoms with Crippen LogP contribution in [-0.4, -0.2) is 69.1 Å². The van der Waals surface area contributed by atoms with Crippen LogP contribution < -0.4 is 0 Å². The lowest BCUT2D eigenvalue weighted by Crippen LogP contribution is -2.51. The Labute approximate surface area is 133 Å². The molecule has 0 aromatic heterocycles. The van der Waals surface area contributed by atoms with E-state index in [1.54, 1.807) is 0 Å². The summed E-state index contributed by atoms with van der Waals surface area (Å²) in [5.41, 5.74) is 0. The highest BCUT2D eigenvalue weighted by Crippen LogP contribution is 2.28. The van der Waals surface area contributed by atoms with E-state index in [2.05, 4.69) is 8.37 Å². The number of ether oxygens (including phenoxy) is 1. The van der Waals surface area contributed by atoms with Crippen molar-refractivity contribution >= 4 is 30.9 Å². The summed E-state index contributed by atoms with van der Waals surface area (Å²) >= 11 is 0. The summed E-state index contributed by atoms with van der Waals surface area (Å²) in [6.45, 7) is 1.26. The first-order valence-electron chi connectivity index (χ1n) is 6.08. The maximum Gasteiger partial charge on any atom is 0.397 e. The van der Waals surface area contributed by atoms with Gasteiger partial charge in [-0.15, -0.1) is 0 Å². The van der Waals surface area contributed by atoms with Gasteiger partial charge in [-0.25, -0.2) is 8.37 Å². The molecule has 138 valence electrons. The van der Waals surface area contributed by atoms with Crippen LogP contribution in [0.1, 0.15) is 19.8 Å². The van der Waals surface area contributed by atoms with Crippen molar-refractivity contribution in [2.24, 2.45) is 0 Å². The Morgan fingerprint density at radius 2 is 1.52 bits per heavy atom. The predicted octanol–water partition coefficient (Wildman–Crippen LogP) is -1.18. The van der Waals surface area contributed by atoms with Gasteiger partial charge >= 0.3 is 20.8 Å². The lowest BCUT2D eigenvalue weighted by Gasteiger charge is -2.38.